The summed E-state index contributed by atoms with van der Waals surface area (Å²) in [4.78, 5) is 36.8. The second-order valence-electron chi connectivity index (χ2n) is 5.94. The molecule has 2 rings (SSSR count). The van der Waals surface area contributed by atoms with Crippen molar-refractivity contribution in [3.05, 3.63) is 48.0 Å². The maximum atomic E-state index is 12.6. The van der Waals surface area contributed by atoms with Gasteiger partial charge in [0, 0.05) is 13.5 Å². The van der Waals surface area contributed by atoms with Crippen molar-refractivity contribution in [1.29, 1.82) is 0 Å². The van der Waals surface area contributed by atoms with E-state index in [1.807, 2.05) is 36.4 Å². The number of carbonyl (C=O) groups is 3. The SMILES string of the molecule is COC(=O)CC(=O)N(Cc1ccccc1)[C@H]1C=C[C@H](OC(C)=O)CC1. The van der Waals surface area contributed by atoms with Crippen LogP contribution in [0.5, 0.6) is 0 Å². The van der Waals surface area contributed by atoms with Crippen molar-refractivity contribution in [3.63, 3.8) is 0 Å². The number of nitrogens with zero attached hydrogens (tertiary/aromatic N) is 1. The third-order valence-corrected chi connectivity index (χ3v) is 4.05. The maximum Gasteiger partial charge on any atom is 0.315 e. The lowest BCUT2D eigenvalue weighted by Gasteiger charge is -2.33. The van der Waals surface area contributed by atoms with Crippen LogP contribution in [-0.2, 0) is 30.4 Å². The molecule has 0 saturated heterocycles. The molecule has 0 aliphatic heterocycles. The highest BCUT2D eigenvalue weighted by molar-refractivity contribution is 5.94. The van der Waals surface area contributed by atoms with Gasteiger partial charge in [-0.25, -0.2) is 0 Å². The standard InChI is InChI=1S/C19H23NO5/c1-14(21)25-17-10-8-16(9-11-17)20(18(22)12-19(23)24-2)13-15-6-4-3-5-7-15/h3-8,10,16-17H,9,11-13H2,1-2H3/t16-,17-/m0/s1. The van der Waals surface area contributed by atoms with Crippen molar-refractivity contribution in [3.8, 4) is 0 Å². The summed E-state index contributed by atoms with van der Waals surface area (Å²) in [7, 11) is 1.27. The number of amides is 1. The number of benzene rings is 1. The minimum Gasteiger partial charge on any atom is -0.469 e. The lowest BCUT2D eigenvalue weighted by atomic mass is 9.98. The number of hydrogen-bond donors (Lipinski definition) is 0. The summed E-state index contributed by atoms with van der Waals surface area (Å²) in [6.07, 6.45) is 4.42. The highest BCUT2D eigenvalue weighted by Gasteiger charge is 2.27. The Hall–Kier alpha value is -2.63. The fraction of sp³-hybridized carbons (Fsp3) is 0.421. The lowest BCUT2D eigenvalue weighted by molar-refractivity contribution is -0.149. The molecular formula is C19H23NO5. The number of hydrogen-bond acceptors (Lipinski definition) is 5. The molecule has 134 valence electrons. The minimum absolute atomic E-state index is 0.149. The van der Waals surface area contributed by atoms with Crippen LogP contribution >= 0.6 is 0 Å². The first kappa shape index (κ1) is 18.7. The van der Waals surface area contributed by atoms with E-state index in [-0.39, 0.29) is 30.4 Å². The Morgan fingerprint density at radius 2 is 1.84 bits per heavy atom. The van der Waals surface area contributed by atoms with Crippen LogP contribution in [0.25, 0.3) is 0 Å². The van der Waals surface area contributed by atoms with Gasteiger partial charge in [0.1, 0.15) is 12.5 Å². The van der Waals surface area contributed by atoms with Crippen molar-refractivity contribution >= 4 is 17.8 Å². The van der Waals surface area contributed by atoms with E-state index in [9.17, 15) is 14.4 Å². The Labute approximate surface area is 147 Å². The molecule has 0 unspecified atom stereocenters. The molecule has 25 heavy (non-hydrogen) atoms. The van der Waals surface area contributed by atoms with Gasteiger partial charge in [-0.15, -0.1) is 0 Å². The van der Waals surface area contributed by atoms with Gasteiger partial charge < -0.3 is 14.4 Å². The molecule has 0 saturated carbocycles. The molecule has 0 spiro atoms. The van der Waals surface area contributed by atoms with Gasteiger partial charge in [-0.05, 0) is 24.5 Å². The van der Waals surface area contributed by atoms with Crippen molar-refractivity contribution in [2.24, 2.45) is 0 Å². The highest BCUT2D eigenvalue weighted by atomic mass is 16.5. The summed E-state index contributed by atoms with van der Waals surface area (Å²) in [6, 6.07) is 9.45. The van der Waals surface area contributed by atoms with Crippen LogP contribution in [0.3, 0.4) is 0 Å². The predicted molar refractivity (Wildman–Crippen MR) is 91.3 cm³/mol. The predicted octanol–water partition coefficient (Wildman–Crippen LogP) is 2.23. The number of ether oxygens (including phenoxy) is 2. The van der Waals surface area contributed by atoms with E-state index in [4.69, 9.17) is 4.74 Å². The molecule has 1 amide bonds. The molecule has 0 fully saturated rings. The second-order valence-corrected chi connectivity index (χ2v) is 5.94. The average molecular weight is 345 g/mol. The molecule has 1 aromatic carbocycles. The van der Waals surface area contributed by atoms with Gasteiger partial charge in [0.05, 0.1) is 13.2 Å². The van der Waals surface area contributed by atoms with E-state index >= 15 is 0 Å². The van der Waals surface area contributed by atoms with E-state index in [0.29, 0.717) is 19.4 Å². The molecular weight excluding hydrogens is 322 g/mol. The summed E-state index contributed by atoms with van der Waals surface area (Å²) in [6.45, 7) is 1.78. The Morgan fingerprint density at radius 3 is 2.40 bits per heavy atom. The van der Waals surface area contributed by atoms with Crippen LogP contribution in [0.4, 0.5) is 0 Å². The Kier molecular flexibility index (Phi) is 6.74. The van der Waals surface area contributed by atoms with Gasteiger partial charge in [-0.1, -0.05) is 36.4 Å². The van der Waals surface area contributed by atoms with Crippen LogP contribution in [0.15, 0.2) is 42.5 Å². The molecule has 0 radical (unpaired) electrons. The van der Waals surface area contributed by atoms with Crippen molar-refractivity contribution in [2.75, 3.05) is 7.11 Å². The number of carbonyl (C=O) groups excluding carboxylic acids is 3. The summed E-state index contributed by atoms with van der Waals surface area (Å²) in [5, 5.41) is 0. The van der Waals surface area contributed by atoms with Crippen molar-refractivity contribution in [2.45, 2.75) is 44.9 Å². The van der Waals surface area contributed by atoms with Crippen molar-refractivity contribution in [1.82, 2.24) is 4.90 Å². The van der Waals surface area contributed by atoms with E-state index in [1.165, 1.54) is 14.0 Å². The second kappa shape index (κ2) is 9.01. The molecule has 0 aromatic heterocycles. The van der Waals surface area contributed by atoms with Gasteiger partial charge in [0.25, 0.3) is 0 Å². The minimum atomic E-state index is -0.555. The number of esters is 2. The highest BCUT2D eigenvalue weighted by Crippen LogP contribution is 2.22. The fourth-order valence-corrected chi connectivity index (χ4v) is 2.82. The fourth-order valence-electron chi connectivity index (χ4n) is 2.82. The van der Waals surface area contributed by atoms with Crippen LogP contribution in [0.1, 0.15) is 31.7 Å². The summed E-state index contributed by atoms with van der Waals surface area (Å²) < 4.78 is 9.78. The lowest BCUT2D eigenvalue weighted by Crippen LogP contribution is -2.41. The van der Waals surface area contributed by atoms with E-state index in [0.717, 1.165) is 5.56 Å². The maximum absolute atomic E-state index is 12.6. The third kappa shape index (κ3) is 5.74. The zero-order valence-corrected chi connectivity index (χ0v) is 14.5. The summed E-state index contributed by atoms with van der Waals surface area (Å²) >= 11 is 0. The van der Waals surface area contributed by atoms with Crippen LogP contribution in [0.2, 0.25) is 0 Å². The van der Waals surface area contributed by atoms with Crippen LogP contribution in [0, 0.1) is 0 Å². The van der Waals surface area contributed by atoms with Crippen LogP contribution < -0.4 is 0 Å². The quantitative estimate of drug-likeness (QED) is 0.449. The molecule has 2 atom stereocenters. The topological polar surface area (TPSA) is 72.9 Å². The average Bonchev–Trinajstić information content (AvgIpc) is 2.60. The Morgan fingerprint density at radius 1 is 1.12 bits per heavy atom. The first-order valence-corrected chi connectivity index (χ1v) is 8.25. The van der Waals surface area contributed by atoms with Gasteiger partial charge in [0.2, 0.25) is 5.91 Å². The smallest absolute Gasteiger partial charge is 0.315 e. The molecule has 1 aliphatic carbocycles. The Balaban J connectivity index is 2.12. The van der Waals surface area contributed by atoms with E-state index in [2.05, 4.69) is 4.74 Å². The first-order valence-electron chi connectivity index (χ1n) is 8.25. The summed E-state index contributed by atoms with van der Waals surface area (Å²) in [5.74, 6) is -1.16. The largest absolute Gasteiger partial charge is 0.469 e. The Bertz CT molecular complexity index is 640. The van der Waals surface area contributed by atoms with Gasteiger partial charge >= 0.3 is 11.9 Å². The molecule has 6 nitrogen and oxygen atoms in total. The molecule has 0 bridgehead atoms. The molecule has 1 aliphatic rings. The van der Waals surface area contributed by atoms with Crippen molar-refractivity contribution < 1.29 is 23.9 Å². The van der Waals surface area contributed by atoms with E-state index < -0.39 is 5.97 Å². The van der Waals surface area contributed by atoms with Gasteiger partial charge in [-0.2, -0.15) is 0 Å². The van der Waals surface area contributed by atoms with Crippen LogP contribution in [-0.4, -0.2) is 42.0 Å². The molecule has 1 aromatic rings. The molecule has 0 N–H and O–H groups in total. The van der Waals surface area contributed by atoms with Gasteiger partial charge in [-0.3, -0.25) is 14.4 Å². The normalized spacial score (nSPS) is 19.1. The number of methoxy groups -OCH3 is 1. The molecule has 0 heterocycles. The third-order valence-electron chi connectivity index (χ3n) is 4.05. The molecule has 6 heteroatoms. The zero-order valence-electron chi connectivity index (χ0n) is 14.5. The monoisotopic (exact) mass is 345 g/mol. The first-order chi connectivity index (χ1) is 12.0. The van der Waals surface area contributed by atoms with E-state index in [1.54, 1.807) is 11.0 Å². The summed E-state index contributed by atoms with van der Waals surface area (Å²) in [5.41, 5.74) is 0.983. The van der Waals surface area contributed by atoms with Gasteiger partial charge in [0.15, 0.2) is 0 Å². The zero-order chi connectivity index (χ0) is 18.2. The number of rotatable bonds is 6.